The molecule has 1 N–H and O–H groups in total. The average molecular weight is 252 g/mol. The maximum Gasteiger partial charge on any atom is 0.449 e. The Morgan fingerprint density at radius 2 is 1.94 bits per heavy atom. The van der Waals surface area contributed by atoms with Gasteiger partial charge in [-0.15, -0.1) is 0 Å². The molecule has 96 valence electrons. The summed E-state index contributed by atoms with van der Waals surface area (Å²) in [5.74, 6) is -5.49. The van der Waals surface area contributed by atoms with E-state index < -0.39 is 40.9 Å². The smallest absolute Gasteiger partial charge is 0.449 e. The van der Waals surface area contributed by atoms with E-state index in [1.807, 2.05) is 0 Å². The molecule has 0 aromatic carbocycles. The molecular formula is C10H11F3O4. The highest BCUT2D eigenvalue weighted by Gasteiger charge is 2.70. The van der Waals surface area contributed by atoms with Crippen LogP contribution in [0.25, 0.3) is 0 Å². The molecule has 0 radical (unpaired) electrons. The highest BCUT2D eigenvalue weighted by atomic mass is 19.4. The van der Waals surface area contributed by atoms with Gasteiger partial charge < -0.3 is 14.6 Å². The summed E-state index contributed by atoms with van der Waals surface area (Å²) in [7, 11) is 2.40. The molecule has 7 heteroatoms. The topological polar surface area (TPSA) is 55.8 Å². The van der Waals surface area contributed by atoms with Crippen LogP contribution in [0.2, 0.25) is 0 Å². The fourth-order valence-electron chi connectivity index (χ4n) is 2.47. The molecule has 0 aromatic heterocycles. The zero-order valence-corrected chi connectivity index (χ0v) is 9.17. The third-order valence-electron chi connectivity index (χ3n) is 3.34. The van der Waals surface area contributed by atoms with Crippen LogP contribution in [0.1, 0.15) is 6.42 Å². The number of Topliss-reactive ketones (excluding diaryl/α,β-unsaturated/α-hetero) is 1. The van der Waals surface area contributed by atoms with Gasteiger partial charge in [0.15, 0.2) is 0 Å². The van der Waals surface area contributed by atoms with Crippen LogP contribution < -0.4 is 0 Å². The summed E-state index contributed by atoms with van der Waals surface area (Å²) < 4.78 is 47.0. The van der Waals surface area contributed by atoms with Crippen molar-refractivity contribution in [3.8, 4) is 0 Å². The molecule has 0 saturated heterocycles. The maximum atomic E-state index is 12.4. The van der Waals surface area contributed by atoms with Crippen molar-refractivity contribution < 1.29 is 32.5 Å². The zero-order chi connectivity index (χ0) is 13.0. The Labute approximate surface area is 95.0 Å². The minimum atomic E-state index is -4.92. The highest BCUT2D eigenvalue weighted by Crippen LogP contribution is 2.61. The molecule has 2 fully saturated rings. The summed E-state index contributed by atoms with van der Waals surface area (Å²) >= 11 is 0. The number of methoxy groups -OCH3 is 2. The number of aliphatic hydroxyl groups is 1. The second-order valence-electron chi connectivity index (χ2n) is 4.11. The van der Waals surface area contributed by atoms with Crippen LogP contribution >= 0.6 is 0 Å². The van der Waals surface area contributed by atoms with Gasteiger partial charge in [0.2, 0.25) is 17.3 Å². The van der Waals surface area contributed by atoms with E-state index in [1.165, 1.54) is 14.2 Å². The largest absolute Gasteiger partial charge is 0.504 e. The number of rotatable bonds is 2. The van der Waals surface area contributed by atoms with Crippen molar-refractivity contribution in [2.45, 2.75) is 18.4 Å². The quantitative estimate of drug-likeness (QED) is 0.460. The van der Waals surface area contributed by atoms with Crippen LogP contribution in [0.4, 0.5) is 13.2 Å². The van der Waals surface area contributed by atoms with E-state index in [9.17, 15) is 18.0 Å². The number of ether oxygens (including phenoxy) is 2. The number of carbonyl (C=O) groups excluding carboxylic acids is 1. The number of aliphatic hydroxyl groups excluding tert-OH is 1. The molecule has 2 saturated carbocycles. The highest BCUT2D eigenvalue weighted by molar-refractivity contribution is 6.06. The van der Waals surface area contributed by atoms with E-state index in [4.69, 9.17) is 14.6 Å². The summed E-state index contributed by atoms with van der Waals surface area (Å²) in [6.45, 7) is 0. The molecule has 4 nitrogen and oxygen atoms in total. The lowest BCUT2D eigenvalue weighted by Crippen LogP contribution is -2.42. The van der Waals surface area contributed by atoms with Crippen LogP contribution in [0.3, 0.4) is 0 Å². The Bertz CT molecular complexity index is 395. The third kappa shape index (κ3) is 1.49. The number of alkyl halides is 3. The number of halogens is 3. The second-order valence-corrected chi connectivity index (χ2v) is 4.11. The van der Waals surface area contributed by atoms with Crippen molar-refractivity contribution in [3.63, 3.8) is 0 Å². The summed E-state index contributed by atoms with van der Waals surface area (Å²) in [5.41, 5.74) is -0.619. The minimum absolute atomic E-state index is 0.350. The Morgan fingerprint density at radius 3 is 2.29 bits per heavy atom. The second kappa shape index (κ2) is 3.46. The molecule has 0 amide bonds. The Kier molecular flexibility index (Phi) is 2.52. The molecule has 0 bridgehead atoms. The fraction of sp³-hybridized carbons (Fsp3) is 0.700. The van der Waals surface area contributed by atoms with Gasteiger partial charge in [-0.2, -0.15) is 13.2 Å². The van der Waals surface area contributed by atoms with E-state index in [2.05, 4.69) is 0 Å². The van der Waals surface area contributed by atoms with Gasteiger partial charge in [-0.05, 0) is 6.42 Å². The van der Waals surface area contributed by atoms with Crippen molar-refractivity contribution in [1.82, 2.24) is 0 Å². The van der Waals surface area contributed by atoms with Crippen LogP contribution in [0, 0.1) is 11.8 Å². The summed E-state index contributed by atoms with van der Waals surface area (Å²) in [4.78, 5) is 11.9. The first kappa shape index (κ1) is 12.4. The lowest BCUT2D eigenvalue weighted by Gasteiger charge is -2.26. The standard InChI is InChI=1S/C10H11F3O4/c1-16-9(17-2)5-3-4(5)6(7(9)14)8(15)10(11,12)13/h4-5,15H,3H2,1-2H3/b8-6-/t4-,5+/m0/s1. The summed E-state index contributed by atoms with van der Waals surface area (Å²) in [5, 5.41) is 9.10. The summed E-state index contributed by atoms with van der Waals surface area (Å²) in [6.07, 6.45) is -4.57. The van der Waals surface area contributed by atoms with E-state index >= 15 is 0 Å². The molecule has 0 unspecified atom stereocenters. The number of ketones is 1. The SMILES string of the molecule is COC1(OC)C(=O)/C(=C(\O)C(F)(F)F)[C@H]2C[C@H]21. The molecule has 0 spiro atoms. The van der Waals surface area contributed by atoms with Crippen molar-refractivity contribution in [2.24, 2.45) is 11.8 Å². The van der Waals surface area contributed by atoms with Gasteiger partial charge >= 0.3 is 6.18 Å². The predicted molar refractivity (Wildman–Crippen MR) is 49.1 cm³/mol. The van der Waals surface area contributed by atoms with Crippen LogP contribution in [-0.4, -0.2) is 37.1 Å². The van der Waals surface area contributed by atoms with Crippen molar-refractivity contribution in [1.29, 1.82) is 0 Å². The molecule has 2 aliphatic carbocycles. The van der Waals surface area contributed by atoms with E-state index in [-0.39, 0.29) is 0 Å². The van der Waals surface area contributed by atoms with Crippen molar-refractivity contribution in [2.75, 3.05) is 14.2 Å². The average Bonchev–Trinajstić information content (AvgIpc) is 2.96. The Morgan fingerprint density at radius 1 is 1.41 bits per heavy atom. The maximum absolute atomic E-state index is 12.4. The molecule has 2 atom stereocenters. The van der Waals surface area contributed by atoms with Gasteiger partial charge in [0, 0.05) is 26.1 Å². The van der Waals surface area contributed by atoms with Crippen LogP contribution in [0.5, 0.6) is 0 Å². The number of hydrogen-bond donors (Lipinski definition) is 1. The Balaban J connectivity index is 2.46. The van der Waals surface area contributed by atoms with Crippen LogP contribution in [-0.2, 0) is 14.3 Å². The normalized spacial score (nSPS) is 33.6. The Hall–Kier alpha value is -1.08. The predicted octanol–water partition coefficient (Wildman–Crippen LogP) is 1.57. The first-order valence-electron chi connectivity index (χ1n) is 4.95. The molecule has 17 heavy (non-hydrogen) atoms. The molecule has 0 aromatic rings. The first-order chi connectivity index (χ1) is 7.79. The zero-order valence-electron chi connectivity index (χ0n) is 9.17. The number of allylic oxidation sites excluding steroid dienone is 1. The van der Waals surface area contributed by atoms with Gasteiger partial charge in [0.1, 0.15) is 0 Å². The lowest BCUT2D eigenvalue weighted by molar-refractivity contribution is -0.209. The van der Waals surface area contributed by atoms with Crippen molar-refractivity contribution in [3.05, 3.63) is 11.3 Å². The number of carbonyl (C=O) groups is 1. The molecule has 0 heterocycles. The van der Waals surface area contributed by atoms with Crippen LogP contribution in [0.15, 0.2) is 11.3 Å². The third-order valence-corrected chi connectivity index (χ3v) is 3.34. The van der Waals surface area contributed by atoms with Gasteiger partial charge in [0.05, 0.1) is 5.57 Å². The fourth-order valence-corrected chi connectivity index (χ4v) is 2.47. The van der Waals surface area contributed by atoms with Gasteiger partial charge in [-0.1, -0.05) is 0 Å². The lowest BCUT2D eigenvalue weighted by atomic mass is 10.0. The van der Waals surface area contributed by atoms with Gasteiger partial charge in [-0.3, -0.25) is 4.79 Å². The molecular weight excluding hydrogens is 241 g/mol. The summed E-state index contributed by atoms with van der Waals surface area (Å²) in [6, 6.07) is 0. The van der Waals surface area contributed by atoms with E-state index in [0.717, 1.165) is 0 Å². The monoisotopic (exact) mass is 252 g/mol. The van der Waals surface area contributed by atoms with Gasteiger partial charge in [0.25, 0.3) is 0 Å². The number of hydrogen-bond acceptors (Lipinski definition) is 4. The van der Waals surface area contributed by atoms with E-state index in [0.29, 0.717) is 6.42 Å². The molecule has 2 rings (SSSR count). The first-order valence-corrected chi connectivity index (χ1v) is 4.95. The van der Waals surface area contributed by atoms with Gasteiger partial charge in [-0.25, -0.2) is 0 Å². The van der Waals surface area contributed by atoms with E-state index in [1.54, 1.807) is 0 Å². The molecule has 2 aliphatic rings. The molecule has 0 aliphatic heterocycles. The van der Waals surface area contributed by atoms with Crippen molar-refractivity contribution >= 4 is 5.78 Å². The number of fused-ring (bicyclic) bond motifs is 1. The minimum Gasteiger partial charge on any atom is -0.504 e.